The van der Waals surface area contributed by atoms with E-state index in [4.69, 9.17) is 0 Å². The molecular formula is H3B2F3. The van der Waals surface area contributed by atoms with Crippen LogP contribution in [0.5, 0.6) is 0 Å². The van der Waals surface area contributed by atoms with E-state index in [0.29, 0.717) is 0 Å². The van der Waals surface area contributed by atoms with Crippen LogP contribution < -0.4 is 14.1 Å². The van der Waals surface area contributed by atoms with Crippen LogP contribution in [0.2, 0.25) is 0 Å². The van der Waals surface area contributed by atoms with Gasteiger partial charge in [0.1, 0.15) is 0 Å². The molecule has 0 N–H and O–H groups in total. The molecule has 0 heterocycles. The summed E-state index contributed by atoms with van der Waals surface area (Å²) in [5.74, 6) is 0. The summed E-state index contributed by atoms with van der Waals surface area (Å²) in [7, 11) is 0. The normalized spacial score (nSPS) is 0. The molecule has 0 spiro atoms. The molecule has 0 bridgehead atoms. The van der Waals surface area contributed by atoms with Crippen LogP contribution in [-0.2, 0) is 0 Å². The summed E-state index contributed by atoms with van der Waals surface area (Å²) in [6.07, 6.45) is 0. The third kappa shape index (κ3) is 2250. The van der Waals surface area contributed by atoms with E-state index in [1.54, 1.807) is 0 Å². The molecule has 0 radical (unpaired) electrons. The van der Waals surface area contributed by atoms with Crippen molar-refractivity contribution < 1.29 is 14.1 Å². The molecule has 0 aromatic rings. The first-order chi connectivity index (χ1) is 0. The van der Waals surface area contributed by atoms with Gasteiger partial charge in [0.15, 0.2) is 0 Å². The van der Waals surface area contributed by atoms with Crippen LogP contribution in [0.3, 0.4) is 0 Å². The standard InChI is InChI=1S/BH3.B.3FH/h1H3;;3*1H/q;+3;;;/p-3. The van der Waals surface area contributed by atoms with E-state index >= 15 is 0 Å². The third-order valence-electron chi connectivity index (χ3n) is 0. The van der Waals surface area contributed by atoms with Gasteiger partial charge in [0.2, 0.25) is 0 Å². The second kappa shape index (κ2) is 5200. The fraction of sp³-hybridized carbons (Fsp3) is 0. The van der Waals surface area contributed by atoms with Gasteiger partial charge >= 0.3 is 8.41 Å². The fourth-order valence-corrected chi connectivity index (χ4v) is 0. The SMILES string of the molecule is B.[B+3].[F-].[F-].[F-]. The molecule has 0 atom stereocenters. The van der Waals surface area contributed by atoms with Gasteiger partial charge in [-0.25, -0.2) is 0 Å². The van der Waals surface area contributed by atoms with E-state index in [9.17, 15) is 0 Å². The van der Waals surface area contributed by atoms with E-state index in [2.05, 4.69) is 0 Å². The second-order valence-corrected chi connectivity index (χ2v) is 0. The zero-order valence-electron chi connectivity index (χ0n) is 1.71. The first-order valence-electron chi connectivity index (χ1n) is 0. The van der Waals surface area contributed by atoms with Crippen molar-refractivity contribution in [3.63, 3.8) is 0 Å². The molecule has 30 valence electrons. The Kier molecular flexibility index (Phi) is 12300000. The maximum atomic E-state index is 0. The topological polar surface area (TPSA) is 0 Å². The quantitative estimate of drug-likeness (QED) is 0.254. The Morgan fingerprint density at radius 3 is 0.600 bits per heavy atom. The molecule has 0 saturated carbocycles. The summed E-state index contributed by atoms with van der Waals surface area (Å²) >= 11 is 0. The first-order valence-corrected chi connectivity index (χ1v) is 0. The van der Waals surface area contributed by atoms with Gasteiger partial charge in [0.05, 0.1) is 8.41 Å². The summed E-state index contributed by atoms with van der Waals surface area (Å²) in [6, 6.07) is 0. The van der Waals surface area contributed by atoms with Gasteiger partial charge in [0.25, 0.3) is 0 Å². The Balaban J connectivity index is 0. The van der Waals surface area contributed by atoms with Gasteiger partial charge in [-0.15, -0.1) is 0 Å². The summed E-state index contributed by atoms with van der Waals surface area (Å²) < 4.78 is 0. The zero-order chi connectivity index (χ0) is 0. The molecule has 0 aliphatic heterocycles. The maximum absolute atomic E-state index is 0. The maximum Gasteiger partial charge on any atom is 3.00 e. The number of halogens is 3. The van der Waals surface area contributed by atoms with Crippen molar-refractivity contribution in [1.29, 1.82) is 0 Å². The Bertz CT molecular complexity index is 4.85. The molecule has 0 aliphatic rings. The predicted octanol–water partition coefficient (Wildman–Crippen LogP) is -10.6. The Hall–Kier alpha value is -0.0801. The van der Waals surface area contributed by atoms with Gasteiger partial charge < -0.3 is 14.1 Å². The molecule has 0 rings (SSSR count). The molecule has 0 saturated heterocycles. The minimum absolute atomic E-state index is 0. The molecule has 0 fully saturated rings. The Morgan fingerprint density at radius 1 is 0.600 bits per heavy atom. The van der Waals surface area contributed by atoms with Gasteiger partial charge in [-0.1, -0.05) is 0 Å². The van der Waals surface area contributed by atoms with E-state index in [0.717, 1.165) is 0 Å². The van der Waals surface area contributed by atoms with Crippen molar-refractivity contribution >= 4 is 16.8 Å². The minimum Gasteiger partial charge on any atom is -1.00 e. The van der Waals surface area contributed by atoms with Crippen molar-refractivity contribution in [1.82, 2.24) is 0 Å². The van der Waals surface area contributed by atoms with Crippen LogP contribution in [0.15, 0.2) is 0 Å². The molecule has 0 aromatic heterocycles. The number of rotatable bonds is 0. The summed E-state index contributed by atoms with van der Waals surface area (Å²) in [6.45, 7) is 0. The molecule has 5 heavy (non-hydrogen) atoms. The van der Waals surface area contributed by atoms with Crippen molar-refractivity contribution in [2.75, 3.05) is 0 Å². The van der Waals surface area contributed by atoms with Crippen molar-refractivity contribution in [3.05, 3.63) is 0 Å². The predicted molar refractivity (Wildman–Crippen MR) is 15.7 cm³/mol. The van der Waals surface area contributed by atoms with Crippen LogP contribution in [0.1, 0.15) is 0 Å². The molecule has 0 aliphatic carbocycles. The first kappa shape index (κ1) is 11800. The summed E-state index contributed by atoms with van der Waals surface area (Å²) in [5.41, 5.74) is 0. The van der Waals surface area contributed by atoms with Crippen molar-refractivity contribution in [2.45, 2.75) is 0 Å². The Labute approximate surface area is 32.2 Å². The second-order valence-electron chi connectivity index (χ2n) is 0. The smallest absolute Gasteiger partial charge is 1.00 e. The van der Waals surface area contributed by atoms with Crippen LogP contribution in [0.25, 0.3) is 0 Å². The van der Waals surface area contributed by atoms with E-state index in [1.807, 2.05) is 0 Å². The average Bonchev–Trinajstić information content (AvgIpc) is 0. The zero-order valence-corrected chi connectivity index (χ0v) is 1.71. The van der Waals surface area contributed by atoms with Gasteiger partial charge in [-0.2, -0.15) is 0 Å². The van der Waals surface area contributed by atoms with Gasteiger partial charge in [-0.05, 0) is 0 Å². The van der Waals surface area contributed by atoms with E-state index in [-0.39, 0.29) is 30.9 Å². The average molecular weight is 81.6 g/mol. The molecule has 0 unspecified atom stereocenters. The molecular weight excluding hydrogens is 78.6 g/mol. The minimum atomic E-state index is 0. The third-order valence-corrected chi connectivity index (χ3v) is 0. The monoisotopic (exact) mass is 82.0 g/mol. The van der Waals surface area contributed by atoms with E-state index in [1.165, 1.54) is 0 Å². The summed E-state index contributed by atoms with van der Waals surface area (Å²) in [5, 5.41) is 0. The number of hydrogen-bond donors (Lipinski definition) is 0. The van der Waals surface area contributed by atoms with Gasteiger partial charge in [-0.3, -0.25) is 0 Å². The van der Waals surface area contributed by atoms with E-state index < -0.39 is 0 Å². The van der Waals surface area contributed by atoms with Crippen LogP contribution >= 0.6 is 0 Å². The van der Waals surface area contributed by atoms with Gasteiger partial charge in [0, 0.05) is 0 Å². The number of hydrogen-bond acceptors (Lipinski definition) is 0. The van der Waals surface area contributed by atoms with Crippen LogP contribution in [0.4, 0.5) is 0 Å². The Morgan fingerprint density at radius 2 is 0.600 bits per heavy atom. The van der Waals surface area contributed by atoms with Crippen LogP contribution in [0, 0.1) is 0 Å². The molecule has 0 nitrogen and oxygen atoms in total. The molecule has 5 heteroatoms. The fourth-order valence-electron chi connectivity index (χ4n) is 0. The molecule has 0 aromatic carbocycles. The largest absolute Gasteiger partial charge is 3.00 e. The van der Waals surface area contributed by atoms with Crippen molar-refractivity contribution in [3.8, 4) is 0 Å². The van der Waals surface area contributed by atoms with Crippen LogP contribution in [-0.4, -0.2) is 16.8 Å². The summed E-state index contributed by atoms with van der Waals surface area (Å²) in [4.78, 5) is 0. The van der Waals surface area contributed by atoms with Crippen molar-refractivity contribution in [2.24, 2.45) is 0 Å². The molecule has 0 amide bonds.